The van der Waals surface area contributed by atoms with Crippen LogP contribution in [0.5, 0.6) is 0 Å². The lowest BCUT2D eigenvalue weighted by Gasteiger charge is -2.50. The van der Waals surface area contributed by atoms with E-state index < -0.39 is 6.23 Å². The van der Waals surface area contributed by atoms with Crippen molar-refractivity contribution in [3.05, 3.63) is 106 Å². The summed E-state index contributed by atoms with van der Waals surface area (Å²) in [6.07, 6.45) is 1.11. The largest absolute Gasteiger partial charge is 0.368 e. The van der Waals surface area contributed by atoms with Crippen molar-refractivity contribution in [1.29, 1.82) is 0 Å². The Kier molecular flexibility index (Phi) is 6.34. The molecule has 3 aliphatic rings. The smallest absolute Gasteiger partial charge is 0.172 e. The van der Waals surface area contributed by atoms with Crippen LogP contribution in [0.1, 0.15) is 41.7 Å². The fraction of sp³-hybridized carbons (Fsp3) is 0.296. The Morgan fingerprint density at radius 1 is 0.812 bits per heavy atom. The highest BCUT2D eigenvalue weighted by atomic mass is 35.5. The van der Waals surface area contributed by atoms with E-state index in [0.29, 0.717) is 21.5 Å². The van der Waals surface area contributed by atoms with Crippen molar-refractivity contribution in [2.45, 2.75) is 31.0 Å². The number of hydrogen-bond donors (Lipinski definition) is 1. The highest BCUT2D eigenvalue weighted by Crippen LogP contribution is 2.41. The molecule has 2 bridgehead atoms. The zero-order valence-corrected chi connectivity index (χ0v) is 19.3. The quantitative estimate of drug-likeness (QED) is 0.477. The van der Waals surface area contributed by atoms with Crippen LogP contribution in [0.25, 0.3) is 0 Å². The molecule has 2 unspecified atom stereocenters. The summed E-state index contributed by atoms with van der Waals surface area (Å²) in [4.78, 5) is 7.47. The van der Waals surface area contributed by atoms with Gasteiger partial charge in [0, 0.05) is 23.1 Å². The summed E-state index contributed by atoms with van der Waals surface area (Å²) >= 11 is 12.6. The molecular formula is C27H26Cl2N2O. The van der Waals surface area contributed by atoms with Crippen LogP contribution in [-0.4, -0.2) is 34.8 Å². The average molecular weight is 465 g/mol. The van der Waals surface area contributed by atoms with Crippen molar-refractivity contribution in [2.24, 2.45) is 10.9 Å². The molecule has 0 amide bonds. The van der Waals surface area contributed by atoms with Gasteiger partial charge in [0.15, 0.2) is 6.23 Å². The number of halogens is 2. The fourth-order valence-electron chi connectivity index (χ4n) is 5.27. The van der Waals surface area contributed by atoms with E-state index in [1.807, 2.05) is 0 Å². The molecule has 3 aliphatic heterocycles. The monoisotopic (exact) mass is 464 g/mol. The number of benzene rings is 3. The number of aliphatic hydroxyl groups excluding tert-OH is 1. The second-order valence-electron chi connectivity index (χ2n) is 8.62. The van der Waals surface area contributed by atoms with Crippen LogP contribution >= 0.6 is 23.2 Å². The Morgan fingerprint density at radius 2 is 1.41 bits per heavy atom. The van der Waals surface area contributed by atoms with Gasteiger partial charge in [0.25, 0.3) is 0 Å². The Labute approximate surface area is 199 Å². The molecule has 6 rings (SSSR count). The van der Waals surface area contributed by atoms with Crippen LogP contribution in [0.2, 0.25) is 10.0 Å². The summed E-state index contributed by atoms with van der Waals surface area (Å²) in [5.74, 6) is 0.508. The molecule has 3 fully saturated rings. The number of hydrogen-bond acceptors (Lipinski definition) is 3. The van der Waals surface area contributed by atoms with Crippen molar-refractivity contribution in [2.75, 3.05) is 13.1 Å². The Bertz CT molecular complexity index is 1060. The Hall–Kier alpha value is -2.17. The number of aliphatic imine (C=N–C) groups is 1. The molecule has 2 atom stereocenters. The molecule has 1 N–H and O–H groups in total. The van der Waals surface area contributed by atoms with Crippen LogP contribution in [0.3, 0.4) is 0 Å². The maximum absolute atomic E-state index is 11.1. The summed E-state index contributed by atoms with van der Waals surface area (Å²) in [5, 5.41) is 11.9. The first kappa shape index (κ1) is 21.7. The molecule has 164 valence electrons. The lowest BCUT2D eigenvalue weighted by atomic mass is 9.72. The third-order valence-corrected chi connectivity index (χ3v) is 7.64. The second-order valence-corrected chi connectivity index (χ2v) is 9.41. The van der Waals surface area contributed by atoms with Gasteiger partial charge in [0.05, 0.1) is 16.1 Å². The van der Waals surface area contributed by atoms with Gasteiger partial charge >= 0.3 is 0 Å². The normalized spacial score (nSPS) is 24.8. The van der Waals surface area contributed by atoms with Crippen molar-refractivity contribution in [3.63, 3.8) is 0 Å². The molecule has 3 nitrogen and oxygen atoms in total. The third kappa shape index (κ3) is 4.11. The third-order valence-electron chi connectivity index (χ3n) is 6.81. The zero-order chi connectivity index (χ0) is 22.1. The van der Waals surface area contributed by atoms with Gasteiger partial charge in [-0.2, -0.15) is 0 Å². The first-order valence-corrected chi connectivity index (χ1v) is 11.9. The Balaban J connectivity index is 1.61. The zero-order valence-electron chi connectivity index (χ0n) is 17.7. The maximum Gasteiger partial charge on any atom is 0.172 e. The fourth-order valence-corrected chi connectivity index (χ4v) is 5.68. The van der Waals surface area contributed by atoms with Crippen molar-refractivity contribution in [1.82, 2.24) is 4.90 Å². The van der Waals surface area contributed by atoms with E-state index in [-0.39, 0.29) is 12.0 Å². The minimum atomic E-state index is -1.04. The van der Waals surface area contributed by atoms with Gasteiger partial charge in [-0.15, -0.1) is 0 Å². The molecule has 3 saturated heterocycles. The molecule has 3 heterocycles. The van der Waals surface area contributed by atoms with E-state index in [9.17, 15) is 5.11 Å². The van der Waals surface area contributed by atoms with Gasteiger partial charge in [-0.1, -0.05) is 96.0 Å². The molecule has 0 spiro atoms. The first-order chi connectivity index (χ1) is 15.6. The first-order valence-electron chi connectivity index (χ1n) is 11.2. The van der Waals surface area contributed by atoms with E-state index in [2.05, 4.69) is 65.6 Å². The van der Waals surface area contributed by atoms with Crippen molar-refractivity contribution >= 4 is 28.9 Å². The van der Waals surface area contributed by atoms with Gasteiger partial charge in [-0.05, 0) is 43.1 Å². The molecule has 3 aromatic carbocycles. The predicted octanol–water partition coefficient (Wildman–Crippen LogP) is 6.35. The number of nitrogens with zero attached hydrogens (tertiary/aromatic N) is 2. The van der Waals surface area contributed by atoms with Gasteiger partial charge < -0.3 is 5.11 Å². The summed E-state index contributed by atoms with van der Waals surface area (Å²) in [5.41, 5.74) is 4.15. The number of piperidine rings is 3. The molecule has 0 aliphatic carbocycles. The van der Waals surface area contributed by atoms with Crippen LogP contribution in [0.15, 0.2) is 83.9 Å². The lowest BCUT2D eigenvalue weighted by molar-refractivity contribution is 0.128. The highest BCUT2D eigenvalue weighted by Gasteiger charge is 2.44. The summed E-state index contributed by atoms with van der Waals surface area (Å²) < 4.78 is 0. The van der Waals surface area contributed by atoms with Crippen LogP contribution < -0.4 is 0 Å². The van der Waals surface area contributed by atoms with Crippen molar-refractivity contribution < 1.29 is 5.11 Å². The minimum absolute atomic E-state index is 0.0971. The van der Waals surface area contributed by atoms with Gasteiger partial charge in [0.1, 0.15) is 0 Å². The van der Waals surface area contributed by atoms with Crippen LogP contribution in [0, 0.1) is 5.92 Å². The summed E-state index contributed by atoms with van der Waals surface area (Å²) in [6, 6.07) is 26.7. The predicted molar refractivity (Wildman–Crippen MR) is 132 cm³/mol. The van der Waals surface area contributed by atoms with Gasteiger partial charge in [-0.25, -0.2) is 0 Å². The molecular weight excluding hydrogens is 439 g/mol. The number of fused-ring (bicyclic) bond motifs is 3. The van der Waals surface area contributed by atoms with Crippen LogP contribution in [0.4, 0.5) is 0 Å². The molecule has 5 heteroatoms. The molecule has 32 heavy (non-hydrogen) atoms. The Morgan fingerprint density at radius 3 is 2.00 bits per heavy atom. The lowest BCUT2D eigenvalue weighted by Crippen LogP contribution is -2.58. The molecule has 0 aromatic heterocycles. The molecule has 0 radical (unpaired) electrons. The minimum Gasteiger partial charge on any atom is -0.368 e. The standard InChI is InChI=1S/C27H26Cl2N2O/c28-22-13-7-12-21(24(22)29)27(32)30-25-20-14-16-31(17-15-20)26(25)23(18-8-3-1-4-9-18)19-10-5-2-6-11-19/h1-13,20,23,26-27,32H,14-17H2. The maximum atomic E-state index is 11.1. The average Bonchev–Trinajstić information content (AvgIpc) is 2.84. The SMILES string of the molecule is OC(N=C1C2CCN(CC2)C1C(c1ccccc1)c1ccccc1)c1cccc(Cl)c1Cl. The number of aliphatic hydroxyl groups is 1. The second kappa shape index (κ2) is 9.36. The van der Waals surface area contributed by atoms with E-state index >= 15 is 0 Å². The van der Waals surface area contributed by atoms with E-state index in [4.69, 9.17) is 28.2 Å². The highest BCUT2D eigenvalue weighted by molar-refractivity contribution is 6.42. The summed E-state index contributed by atoms with van der Waals surface area (Å²) in [6.45, 7) is 2.11. The van der Waals surface area contributed by atoms with Crippen LogP contribution in [-0.2, 0) is 0 Å². The van der Waals surface area contributed by atoms with Crippen molar-refractivity contribution in [3.8, 4) is 0 Å². The molecule has 0 saturated carbocycles. The summed E-state index contributed by atoms with van der Waals surface area (Å²) in [7, 11) is 0. The van der Waals surface area contributed by atoms with Gasteiger partial charge in [0.2, 0.25) is 0 Å². The number of rotatable bonds is 5. The van der Waals surface area contributed by atoms with Gasteiger partial charge in [-0.3, -0.25) is 9.89 Å². The van der Waals surface area contributed by atoms with E-state index in [1.54, 1.807) is 18.2 Å². The van der Waals surface area contributed by atoms with E-state index in [0.717, 1.165) is 31.6 Å². The topological polar surface area (TPSA) is 35.8 Å². The van der Waals surface area contributed by atoms with E-state index in [1.165, 1.54) is 11.1 Å². The molecule has 3 aromatic rings.